The minimum atomic E-state index is 0.0151. The number of ether oxygens (including phenoxy) is 1. The molecule has 0 saturated carbocycles. The standard InChI is InChI=1S/C17H22N4O/c1-2-21-14-18-19-17(21)16-13-20(11-12-22-16)10-6-9-15-7-4-3-5-8-15/h3-9,14,16H,2,10-13H2,1H3/b9-6+. The molecule has 0 amide bonds. The average Bonchev–Trinajstić information content (AvgIpc) is 3.05. The van der Waals surface area contributed by atoms with Crippen molar-refractivity contribution in [3.05, 3.63) is 54.1 Å². The Kier molecular flexibility index (Phi) is 4.98. The van der Waals surface area contributed by atoms with Gasteiger partial charge in [0.15, 0.2) is 5.82 Å². The Hall–Kier alpha value is -1.98. The summed E-state index contributed by atoms with van der Waals surface area (Å²) in [5.74, 6) is 0.930. The number of benzene rings is 1. The minimum Gasteiger partial charge on any atom is -0.368 e. The van der Waals surface area contributed by atoms with Crippen LogP contribution < -0.4 is 0 Å². The van der Waals surface area contributed by atoms with Crippen molar-refractivity contribution in [3.8, 4) is 0 Å². The Labute approximate surface area is 131 Å². The van der Waals surface area contributed by atoms with Crippen LogP contribution in [0, 0.1) is 0 Å². The molecule has 1 aliphatic rings. The zero-order valence-electron chi connectivity index (χ0n) is 12.9. The van der Waals surface area contributed by atoms with Crippen LogP contribution in [0.1, 0.15) is 24.4 Å². The van der Waals surface area contributed by atoms with E-state index in [-0.39, 0.29) is 6.10 Å². The zero-order valence-corrected chi connectivity index (χ0v) is 12.9. The van der Waals surface area contributed by atoms with Gasteiger partial charge in [-0.25, -0.2) is 0 Å². The first-order valence-corrected chi connectivity index (χ1v) is 7.80. The first-order chi connectivity index (χ1) is 10.9. The molecule has 1 atom stereocenters. The van der Waals surface area contributed by atoms with Gasteiger partial charge in [-0.3, -0.25) is 4.90 Å². The molecular formula is C17H22N4O. The summed E-state index contributed by atoms with van der Waals surface area (Å²) in [4.78, 5) is 2.39. The van der Waals surface area contributed by atoms with Gasteiger partial charge in [0, 0.05) is 26.2 Å². The lowest BCUT2D eigenvalue weighted by Gasteiger charge is -2.31. The molecule has 5 heteroatoms. The Morgan fingerprint density at radius 1 is 1.32 bits per heavy atom. The lowest BCUT2D eigenvalue weighted by Crippen LogP contribution is -2.39. The summed E-state index contributed by atoms with van der Waals surface area (Å²) in [5, 5.41) is 8.21. The van der Waals surface area contributed by atoms with E-state index in [1.54, 1.807) is 6.33 Å². The number of aryl methyl sites for hydroxylation is 1. The van der Waals surface area contributed by atoms with Gasteiger partial charge in [-0.15, -0.1) is 10.2 Å². The van der Waals surface area contributed by atoms with Gasteiger partial charge in [-0.1, -0.05) is 42.5 Å². The van der Waals surface area contributed by atoms with Crippen LogP contribution >= 0.6 is 0 Å². The van der Waals surface area contributed by atoms with Crippen molar-refractivity contribution in [1.29, 1.82) is 0 Å². The Morgan fingerprint density at radius 2 is 2.18 bits per heavy atom. The zero-order chi connectivity index (χ0) is 15.2. The highest BCUT2D eigenvalue weighted by atomic mass is 16.5. The monoisotopic (exact) mass is 298 g/mol. The van der Waals surface area contributed by atoms with Crippen molar-refractivity contribution in [3.63, 3.8) is 0 Å². The van der Waals surface area contributed by atoms with Crippen molar-refractivity contribution in [1.82, 2.24) is 19.7 Å². The van der Waals surface area contributed by atoms with Crippen LogP contribution in [0.15, 0.2) is 42.7 Å². The van der Waals surface area contributed by atoms with Crippen LogP contribution in [-0.4, -0.2) is 45.9 Å². The van der Waals surface area contributed by atoms with E-state index >= 15 is 0 Å². The fraction of sp³-hybridized carbons (Fsp3) is 0.412. The van der Waals surface area contributed by atoms with Crippen LogP contribution in [0.2, 0.25) is 0 Å². The van der Waals surface area contributed by atoms with Gasteiger partial charge in [-0.05, 0) is 12.5 Å². The van der Waals surface area contributed by atoms with E-state index in [9.17, 15) is 0 Å². The first kappa shape index (κ1) is 14.9. The van der Waals surface area contributed by atoms with Gasteiger partial charge in [0.1, 0.15) is 12.4 Å². The lowest BCUT2D eigenvalue weighted by atomic mass is 10.2. The highest BCUT2D eigenvalue weighted by Gasteiger charge is 2.25. The van der Waals surface area contributed by atoms with Gasteiger partial charge >= 0.3 is 0 Å². The highest BCUT2D eigenvalue weighted by molar-refractivity contribution is 5.48. The van der Waals surface area contributed by atoms with E-state index in [2.05, 4.69) is 58.4 Å². The summed E-state index contributed by atoms with van der Waals surface area (Å²) < 4.78 is 7.92. The highest BCUT2D eigenvalue weighted by Crippen LogP contribution is 2.20. The summed E-state index contributed by atoms with van der Waals surface area (Å²) in [6.45, 7) is 6.44. The third-order valence-electron chi connectivity index (χ3n) is 3.90. The fourth-order valence-corrected chi connectivity index (χ4v) is 2.68. The second-order valence-electron chi connectivity index (χ2n) is 5.41. The number of hydrogen-bond acceptors (Lipinski definition) is 4. The predicted octanol–water partition coefficient (Wildman–Crippen LogP) is 2.38. The maximum absolute atomic E-state index is 5.87. The summed E-state index contributed by atoms with van der Waals surface area (Å²) in [5.41, 5.74) is 1.23. The smallest absolute Gasteiger partial charge is 0.163 e. The molecule has 1 aromatic heterocycles. The van der Waals surface area contributed by atoms with E-state index in [4.69, 9.17) is 4.74 Å². The van der Waals surface area contributed by atoms with Gasteiger partial charge in [0.05, 0.1) is 6.61 Å². The molecule has 116 valence electrons. The van der Waals surface area contributed by atoms with Gasteiger partial charge in [-0.2, -0.15) is 0 Å². The maximum atomic E-state index is 5.87. The molecule has 2 aromatic rings. The van der Waals surface area contributed by atoms with Gasteiger partial charge in [0.25, 0.3) is 0 Å². The minimum absolute atomic E-state index is 0.0151. The van der Waals surface area contributed by atoms with Gasteiger partial charge < -0.3 is 9.30 Å². The van der Waals surface area contributed by atoms with Crippen molar-refractivity contribution < 1.29 is 4.74 Å². The van der Waals surface area contributed by atoms with E-state index < -0.39 is 0 Å². The summed E-state index contributed by atoms with van der Waals surface area (Å²) >= 11 is 0. The number of aromatic nitrogens is 3. The largest absolute Gasteiger partial charge is 0.368 e. The Bertz CT molecular complexity index is 608. The molecule has 5 nitrogen and oxygen atoms in total. The van der Waals surface area contributed by atoms with Crippen LogP contribution in [-0.2, 0) is 11.3 Å². The van der Waals surface area contributed by atoms with E-state index in [1.807, 2.05) is 10.6 Å². The molecule has 1 fully saturated rings. The predicted molar refractivity (Wildman–Crippen MR) is 86.3 cm³/mol. The average molecular weight is 298 g/mol. The molecular weight excluding hydrogens is 276 g/mol. The molecule has 0 bridgehead atoms. The molecule has 1 unspecified atom stereocenters. The molecule has 0 radical (unpaired) electrons. The normalized spacial score (nSPS) is 19.8. The SMILES string of the molecule is CCn1cnnc1C1CN(C/C=C/c2ccccc2)CCO1. The molecule has 0 aliphatic carbocycles. The third kappa shape index (κ3) is 3.61. The van der Waals surface area contributed by atoms with E-state index in [0.717, 1.165) is 38.6 Å². The third-order valence-corrected chi connectivity index (χ3v) is 3.90. The van der Waals surface area contributed by atoms with Crippen molar-refractivity contribution in [2.45, 2.75) is 19.6 Å². The fourth-order valence-electron chi connectivity index (χ4n) is 2.68. The Balaban J connectivity index is 1.58. The van der Waals surface area contributed by atoms with Crippen molar-refractivity contribution in [2.75, 3.05) is 26.2 Å². The number of nitrogens with zero attached hydrogens (tertiary/aromatic N) is 4. The quantitative estimate of drug-likeness (QED) is 0.850. The van der Waals surface area contributed by atoms with E-state index in [0.29, 0.717) is 0 Å². The van der Waals surface area contributed by atoms with Crippen LogP contribution in [0.25, 0.3) is 6.08 Å². The molecule has 0 N–H and O–H groups in total. The number of hydrogen-bond donors (Lipinski definition) is 0. The number of rotatable bonds is 5. The van der Waals surface area contributed by atoms with E-state index in [1.165, 1.54) is 5.56 Å². The molecule has 2 heterocycles. The van der Waals surface area contributed by atoms with Gasteiger partial charge in [0.2, 0.25) is 0 Å². The summed E-state index contributed by atoms with van der Waals surface area (Å²) in [7, 11) is 0. The van der Waals surface area contributed by atoms with Crippen LogP contribution in [0.4, 0.5) is 0 Å². The first-order valence-electron chi connectivity index (χ1n) is 7.80. The molecule has 1 aromatic carbocycles. The Morgan fingerprint density at radius 3 is 3.00 bits per heavy atom. The maximum Gasteiger partial charge on any atom is 0.163 e. The molecule has 1 aliphatic heterocycles. The summed E-state index contributed by atoms with van der Waals surface area (Å²) in [6, 6.07) is 10.4. The lowest BCUT2D eigenvalue weighted by molar-refractivity contribution is -0.0321. The molecule has 1 saturated heterocycles. The molecule has 22 heavy (non-hydrogen) atoms. The molecule has 3 rings (SSSR count). The number of morpholine rings is 1. The van der Waals surface area contributed by atoms with Crippen molar-refractivity contribution in [2.24, 2.45) is 0 Å². The second-order valence-corrected chi connectivity index (χ2v) is 5.41. The topological polar surface area (TPSA) is 43.2 Å². The van der Waals surface area contributed by atoms with Crippen molar-refractivity contribution >= 4 is 6.08 Å². The molecule has 0 spiro atoms. The summed E-state index contributed by atoms with van der Waals surface area (Å²) in [6.07, 6.45) is 6.16. The van der Waals surface area contributed by atoms with Crippen LogP contribution in [0.5, 0.6) is 0 Å². The van der Waals surface area contributed by atoms with Crippen LogP contribution in [0.3, 0.4) is 0 Å². The second kappa shape index (κ2) is 7.33.